The molecule has 0 unspecified atom stereocenters. The Labute approximate surface area is 237 Å². The van der Waals surface area contributed by atoms with Crippen LogP contribution in [0.2, 0.25) is 0 Å². The number of carbonyl (C=O) groups excluding carboxylic acids is 2. The van der Waals surface area contributed by atoms with Crippen molar-refractivity contribution in [3.8, 4) is 11.5 Å². The monoisotopic (exact) mass is 555 g/mol. The van der Waals surface area contributed by atoms with Crippen molar-refractivity contribution < 1.29 is 23.8 Å². The number of piperidine rings is 1. The maximum absolute atomic E-state index is 13.7. The maximum atomic E-state index is 13.7. The number of hydrogen-bond donors (Lipinski definition) is 2. The molecule has 2 heterocycles. The molecule has 2 atom stereocenters. The van der Waals surface area contributed by atoms with Crippen LogP contribution in [0.15, 0.2) is 30.7 Å². The highest BCUT2D eigenvalue weighted by molar-refractivity contribution is 5.95. The van der Waals surface area contributed by atoms with E-state index in [9.17, 15) is 9.59 Å². The third-order valence-electron chi connectivity index (χ3n) is 7.76. The summed E-state index contributed by atoms with van der Waals surface area (Å²) in [6.45, 7) is 6.71. The van der Waals surface area contributed by atoms with E-state index in [2.05, 4.69) is 34.0 Å². The summed E-state index contributed by atoms with van der Waals surface area (Å²) < 4.78 is 16.5. The zero-order valence-corrected chi connectivity index (χ0v) is 24.4. The predicted molar refractivity (Wildman–Crippen MR) is 153 cm³/mol. The first-order chi connectivity index (χ1) is 19.4. The van der Waals surface area contributed by atoms with Crippen molar-refractivity contribution >= 4 is 11.8 Å². The number of amides is 2. The van der Waals surface area contributed by atoms with Gasteiger partial charge in [0.2, 0.25) is 5.91 Å². The molecule has 4 rings (SSSR count). The van der Waals surface area contributed by atoms with Gasteiger partial charge in [-0.2, -0.15) is 0 Å². The highest BCUT2D eigenvalue weighted by Crippen LogP contribution is 2.31. The van der Waals surface area contributed by atoms with Gasteiger partial charge in [0.25, 0.3) is 5.91 Å². The Morgan fingerprint density at radius 3 is 2.50 bits per heavy atom. The van der Waals surface area contributed by atoms with Gasteiger partial charge in [-0.05, 0) is 64.2 Å². The first-order valence-electron chi connectivity index (χ1n) is 14.5. The number of imidazole rings is 1. The molecule has 2 fully saturated rings. The standard InChI is InChI=1S/C30H45N5O5/c1-21(2)35(30(37)22-6-11-27(39-4)28(16-22)40-15-5-14-38-3)26-8-7-23(32-19-26)12-13-34(25-9-10-25)29(36)17-24-18-31-20-33-24/h6,11,16,18,20-21,23,25-26,32H,5,7-10,12-15,17,19H2,1-4H3,(H,31,33)/t23-,26-/m1/s1. The molecule has 1 aliphatic heterocycles. The fourth-order valence-corrected chi connectivity index (χ4v) is 5.50. The molecule has 2 aliphatic rings. The number of nitrogens with one attached hydrogen (secondary N) is 2. The van der Waals surface area contributed by atoms with Crippen LogP contribution in [0.4, 0.5) is 0 Å². The summed E-state index contributed by atoms with van der Waals surface area (Å²) in [6, 6.07) is 6.24. The van der Waals surface area contributed by atoms with E-state index < -0.39 is 0 Å². The molecular formula is C30H45N5O5. The fraction of sp³-hybridized carbons (Fsp3) is 0.633. The smallest absolute Gasteiger partial charge is 0.254 e. The Balaban J connectivity index is 1.32. The number of benzene rings is 1. The average molecular weight is 556 g/mol. The Hall–Kier alpha value is -3.11. The van der Waals surface area contributed by atoms with Crippen LogP contribution in [-0.4, -0.2) is 96.3 Å². The third kappa shape index (κ3) is 7.97. The van der Waals surface area contributed by atoms with E-state index in [1.165, 1.54) is 0 Å². The molecule has 0 bridgehead atoms. The number of aromatic amines is 1. The van der Waals surface area contributed by atoms with Gasteiger partial charge in [0, 0.05) is 74.8 Å². The topological polar surface area (TPSA) is 109 Å². The fourth-order valence-electron chi connectivity index (χ4n) is 5.50. The van der Waals surface area contributed by atoms with Gasteiger partial charge in [-0.1, -0.05) is 0 Å². The van der Waals surface area contributed by atoms with Gasteiger partial charge < -0.3 is 34.3 Å². The number of methoxy groups -OCH3 is 2. The number of H-pyrrole nitrogens is 1. The van der Waals surface area contributed by atoms with E-state index >= 15 is 0 Å². The van der Waals surface area contributed by atoms with Crippen LogP contribution < -0.4 is 14.8 Å². The molecular weight excluding hydrogens is 510 g/mol. The van der Waals surface area contributed by atoms with Crippen LogP contribution >= 0.6 is 0 Å². The van der Waals surface area contributed by atoms with Crippen LogP contribution in [-0.2, 0) is 16.0 Å². The van der Waals surface area contributed by atoms with Crippen LogP contribution in [0.25, 0.3) is 0 Å². The van der Waals surface area contributed by atoms with Crippen molar-refractivity contribution in [2.45, 2.75) is 83.0 Å². The second-order valence-electron chi connectivity index (χ2n) is 11.1. The summed E-state index contributed by atoms with van der Waals surface area (Å²) >= 11 is 0. The van der Waals surface area contributed by atoms with Crippen molar-refractivity contribution in [3.05, 3.63) is 42.0 Å². The molecule has 10 nitrogen and oxygen atoms in total. The summed E-state index contributed by atoms with van der Waals surface area (Å²) in [5.41, 5.74) is 1.45. The van der Waals surface area contributed by atoms with Crippen LogP contribution in [0.5, 0.6) is 11.5 Å². The van der Waals surface area contributed by atoms with E-state index in [4.69, 9.17) is 14.2 Å². The molecule has 0 radical (unpaired) electrons. The van der Waals surface area contributed by atoms with Crippen molar-refractivity contribution in [1.29, 1.82) is 0 Å². The van der Waals surface area contributed by atoms with E-state index in [0.29, 0.717) is 48.8 Å². The van der Waals surface area contributed by atoms with Gasteiger partial charge in [-0.3, -0.25) is 9.59 Å². The molecule has 1 aliphatic carbocycles. The van der Waals surface area contributed by atoms with Gasteiger partial charge >= 0.3 is 0 Å². The van der Waals surface area contributed by atoms with Crippen LogP contribution in [0.3, 0.4) is 0 Å². The van der Waals surface area contributed by atoms with Crippen LogP contribution in [0, 0.1) is 0 Å². The molecule has 10 heteroatoms. The predicted octanol–water partition coefficient (Wildman–Crippen LogP) is 3.43. The molecule has 40 heavy (non-hydrogen) atoms. The van der Waals surface area contributed by atoms with Gasteiger partial charge in [0.1, 0.15) is 0 Å². The van der Waals surface area contributed by atoms with Gasteiger partial charge in [-0.25, -0.2) is 4.98 Å². The summed E-state index contributed by atoms with van der Waals surface area (Å²) in [5.74, 6) is 1.33. The maximum Gasteiger partial charge on any atom is 0.254 e. The van der Waals surface area contributed by atoms with Gasteiger partial charge in [-0.15, -0.1) is 0 Å². The number of rotatable bonds is 15. The molecule has 1 aromatic heterocycles. The molecule has 2 N–H and O–H groups in total. The lowest BCUT2D eigenvalue weighted by atomic mass is 9.95. The first kappa shape index (κ1) is 29.9. The molecule has 1 aromatic carbocycles. The highest BCUT2D eigenvalue weighted by atomic mass is 16.5. The van der Waals surface area contributed by atoms with E-state index in [1.807, 2.05) is 11.0 Å². The Bertz CT molecular complexity index is 1080. The summed E-state index contributed by atoms with van der Waals surface area (Å²) in [7, 11) is 3.26. The van der Waals surface area contributed by atoms with Gasteiger partial charge in [0.15, 0.2) is 11.5 Å². The Morgan fingerprint density at radius 1 is 1.07 bits per heavy atom. The lowest BCUT2D eigenvalue weighted by Gasteiger charge is -2.40. The number of hydrogen-bond acceptors (Lipinski definition) is 7. The number of aromatic nitrogens is 2. The highest BCUT2D eigenvalue weighted by Gasteiger charge is 2.34. The zero-order valence-electron chi connectivity index (χ0n) is 24.4. The third-order valence-corrected chi connectivity index (χ3v) is 7.76. The second kappa shape index (κ2) is 14.5. The normalized spacial score (nSPS) is 18.9. The van der Waals surface area contributed by atoms with Gasteiger partial charge in [0.05, 0.1) is 26.5 Å². The zero-order chi connectivity index (χ0) is 28.5. The average Bonchev–Trinajstić information content (AvgIpc) is 3.66. The number of nitrogens with zero attached hydrogens (tertiary/aromatic N) is 3. The van der Waals surface area contributed by atoms with Crippen molar-refractivity contribution in [2.24, 2.45) is 0 Å². The molecule has 220 valence electrons. The summed E-state index contributed by atoms with van der Waals surface area (Å²) in [4.78, 5) is 37.8. The Kier molecular flexibility index (Phi) is 10.8. The Morgan fingerprint density at radius 2 is 1.88 bits per heavy atom. The molecule has 1 saturated carbocycles. The molecule has 2 amide bonds. The van der Waals surface area contributed by atoms with Crippen molar-refractivity contribution in [2.75, 3.05) is 40.5 Å². The lowest BCUT2D eigenvalue weighted by molar-refractivity contribution is -0.131. The van der Waals surface area contributed by atoms with E-state index in [0.717, 1.165) is 57.3 Å². The number of ether oxygens (including phenoxy) is 3. The minimum absolute atomic E-state index is 0.00560. The minimum atomic E-state index is -0.00560. The lowest BCUT2D eigenvalue weighted by Crippen LogP contribution is -2.54. The van der Waals surface area contributed by atoms with E-state index in [1.54, 1.807) is 38.9 Å². The molecule has 0 spiro atoms. The van der Waals surface area contributed by atoms with Crippen LogP contribution in [0.1, 0.15) is 68.4 Å². The molecule has 2 aromatic rings. The summed E-state index contributed by atoms with van der Waals surface area (Å²) in [5, 5.41) is 3.67. The summed E-state index contributed by atoms with van der Waals surface area (Å²) in [6.07, 6.45) is 9.43. The second-order valence-corrected chi connectivity index (χ2v) is 11.1. The minimum Gasteiger partial charge on any atom is -0.493 e. The quantitative estimate of drug-likeness (QED) is 0.324. The first-order valence-corrected chi connectivity index (χ1v) is 14.5. The van der Waals surface area contributed by atoms with Crippen molar-refractivity contribution in [3.63, 3.8) is 0 Å². The van der Waals surface area contributed by atoms with Crippen molar-refractivity contribution in [1.82, 2.24) is 25.1 Å². The molecule has 1 saturated heterocycles. The SMILES string of the molecule is COCCCOc1cc(C(=O)N(C(C)C)[C@@H]2CC[C@H](CCN(C(=O)Cc3cnc[nH]3)C3CC3)NC2)ccc1OC. The largest absolute Gasteiger partial charge is 0.493 e. The number of carbonyl (C=O) groups is 2. The van der Waals surface area contributed by atoms with E-state index in [-0.39, 0.29) is 23.9 Å².